The third kappa shape index (κ3) is 2.77. The molecule has 0 N–H and O–H groups in total. The molecular weight excluding hydrogens is 202 g/mol. The van der Waals surface area contributed by atoms with Crippen molar-refractivity contribution in [2.75, 3.05) is 12.9 Å². The fourth-order valence-electron chi connectivity index (χ4n) is 1.00. The summed E-state index contributed by atoms with van der Waals surface area (Å²) in [5.74, 6) is 1.71. The van der Waals surface area contributed by atoms with Crippen molar-refractivity contribution < 1.29 is 14.1 Å². The van der Waals surface area contributed by atoms with Crippen LogP contribution in [0.4, 0.5) is 0 Å². The number of methoxy groups -OCH3 is 1. The standard InChI is InChI=1S/C9H13NO3S/c1-6-8(7(2)13-10-6)4-14-5-9(11)12-3/h4-5H2,1-3H3. The molecule has 0 saturated carbocycles. The first-order valence-corrected chi connectivity index (χ1v) is 5.37. The van der Waals surface area contributed by atoms with Crippen LogP contribution in [0.5, 0.6) is 0 Å². The number of carbonyl (C=O) groups excluding carboxylic acids is 1. The van der Waals surface area contributed by atoms with Crippen molar-refractivity contribution in [2.45, 2.75) is 19.6 Å². The van der Waals surface area contributed by atoms with E-state index in [2.05, 4.69) is 9.89 Å². The largest absolute Gasteiger partial charge is 0.468 e. The van der Waals surface area contributed by atoms with Gasteiger partial charge in [0.2, 0.25) is 0 Å². The predicted octanol–water partition coefficient (Wildman–Crippen LogP) is 1.70. The van der Waals surface area contributed by atoms with Gasteiger partial charge in [-0.2, -0.15) is 0 Å². The van der Waals surface area contributed by atoms with Crippen molar-refractivity contribution in [1.29, 1.82) is 0 Å². The number of hydrogen-bond donors (Lipinski definition) is 0. The Kier molecular flexibility index (Phi) is 4.00. The topological polar surface area (TPSA) is 52.3 Å². The smallest absolute Gasteiger partial charge is 0.315 e. The van der Waals surface area contributed by atoms with Crippen molar-refractivity contribution >= 4 is 17.7 Å². The lowest BCUT2D eigenvalue weighted by molar-refractivity contribution is -0.137. The summed E-state index contributed by atoms with van der Waals surface area (Å²) in [5, 5.41) is 3.83. The first-order valence-electron chi connectivity index (χ1n) is 4.21. The van der Waals surface area contributed by atoms with Gasteiger partial charge in [-0.1, -0.05) is 5.16 Å². The van der Waals surface area contributed by atoms with Crippen LogP contribution < -0.4 is 0 Å². The number of aromatic nitrogens is 1. The molecule has 0 aromatic carbocycles. The van der Waals surface area contributed by atoms with Crippen molar-refractivity contribution in [3.63, 3.8) is 0 Å². The molecule has 0 aliphatic carbocycles. The first-order chi connectivity index (χ1) is 6.65. The molecule has 1 rings (SSSR count). The summed E-state index contributed by atoms with van der Waals surface area (Å²) in [5.41, 5.74) is 1.96. The highest BCUT2D eigenvalue weighted by atomic mass is 32.2. The van der Waals surface area contributed by atoms with Gasteiger partial charge in [-0.3, -0.25) is 4.79 Å². The zero-order valence-corrected chi connectivity index (χ0v) is 9.31. The second-order valence-corrected chi connectivity index (χ2v) is 3.86. The van der Waals surface area contributed by atoms with Crippen LogP contribution in [0.3, 0.4) is 0 Å². The van der Waals surface area contributed by atoms with Crippen LogP contribution in [-0.4, -0.2) is 24.0 Å². The number of esters is 1. The molecule has 0 spiro atoms. The zero-order chi connectivity index (χ0) is 10.6. The third-order valence-corrected chi connectivity index (χ3v) is 2.81. The Balaban J connectivity index is 2.42. The van der Waals surface area contributed by atoms with Crippen molar-refractivity contribution in [2.24, 2.45) is 0 Å². The summed E-state index contributed by atoms with van der Waals surface area (Å²) in [7, 11) is 1.39. The third-order valence-electron chi connectivity index (χ3n) is 1.88. The summed E-state index contributed by atoms with van der Waals surface area (Å²) < 4.78 is 9.53. The Morgan fingerprint density at radius 1 is 1.57 bits per heavy atom. The van der Waals surface area contributed by atoms with E-state index in [1.807, 2.05) is 13.8 Å². The molecule has 5 heteroatoms. The monoisotopic (exact) mass is 215 g/mol. The average molecular weight is 215 g/mol. The molecular formula is C9H13NO3S. The molecule has 0 aliphatic rings. The van der Waals surface area contributed by atoms with E-state index in [-0.39, 0.29) is 5.97 Å². The quantitative estimate of drug-likeness (QED) is 0.715. The molecule has 0 saturated heterocycles. The molecule has 78 valence electrons. The lowest BCUT2D eigenvalue weighted by Gasteiger charge is -1.99. The van der Waals surface area contributed by atoms with Gasteiger partial charge in [-0.25, -0.2) is 0 Å². The molecule has 14 heavy (non-hydrogen) atoms. The van der Waals surface area contributed by atoms with E-state index >= 15 is 0 Å². The molecule has 1 aromatic heterocycles. The van der Waals surface area contributed by atoms with Crippen LogP contribution >= 0.6 is 11.8 Å². The number of carbonyl (C=O) groups is 1. The Hall–Kier alpha value is -0.970. The van der Waals surface area contributed by atoms with Gasteiger partial charge in [0.25, 0.3) is 0 Å². The van der Waals surface area contributed by atoms with Gasteiger partial charge in [-0.15, -0.1) is 11.8 Å². The number of ether oxygens (including phenoxy) is 1. The minimum Gasteiger partial charge on any atom is -0.468 e. The fourth-order valence-corrected chi connectivity index (χ4v) is 2.01. The summed E-state index contributed by atoms with van der Waals surface area (Å²) in [6.45, 7) is 3.76. The second kappa shape index (κ2) is 5.05. The summed E-state index contributed by atoms with van der Waals surface area (Å²) in [4.78, 5) is 10.8. The maximum atomic E-state index is 10.8. The second-order valence-electron chi connectivity index (χ2n) is 2.87. The van der Waals surface area contributed by atoms with Gasteiger partial charge >= 0.3 is 5.97 Å². The van der Waals surface area contributed by atoms with Crippen molar-refractivity contribution in [3.05, 3.63) is 17.0 Å². The predicted molar refractivity (Wildman–Crippen MR) is 54.2 cm³/mol. The van der Waals surface area contributed by atoms with E-state index in [1.165, 1.54) is 18.9 Å². The molecule has 0 radical (unpaired) electrons. The summed E-state index contributed by atoms with van der Waals surface area (Å²) >= 11 is 1.50. The van der Waals surface area contributed by atoms with E-state index < -0.39 is 0 Å². The van der Waals surface area contributed by atoms with Crippen LogP contribution in [-0.2, 0) is 15.3 Å². The van der Waals surface area contributed by atoms with E-state index in [4.69, 9.17) is 4.52 Å². The van der Waals surface area contributed by atoms with Crippen molar-refractivity contribution in [3.8, 4) is 0 Å². The molecule has 0 aliphatic heterocycles. The molecule has 0 amide bonds. The molecule has 1 heterocycles. The van der Waals surface area contributed by atoms with Crippen LogP contribution in [0.25, 0.3) is 0 Å². The summed E-state index contributed by atoms with van der Waals surface area (Å²) in [6.07, 6.45) is 0. The highest BCUT2D eigenvalue weighted by molar-refractivity contribution is 7.99. The van der Waals surface area contributed by atoms with Crippen LogP contribution in [0, 0.1) is 13.8 Å². The summed E-state index contributed by atoms with van der Waals surface area (Å²) in [6, 6.07) is 0. The maximum Gasteiger partial charge on any atom is 0.315 e. The molecule has 0 atom stereocenters. The highest BCUT2D eigenvalue weighted by Gasteiger charge is 2.09. The van der Waals surface area contributed by atoms with Crippen LogP contribution in [0.1, 0.15) is 17.0 Å². The number of rotatable bonds is 4. The number of aryl methyl sites for hydroxylation is 2. The van der Waals surface area contributed by atoms with Gasteiger partial charge in [0.05, 0.1) is 18.6 Å². The minimum absolute atomic E-state index is 0.207. The number of thioether (sulfide) groups is 1. The maximum absolute atomic E-state index is 10.8. The van der Waals surface area contributed by atoms with E-state index in [1.54, 1.807) is 0 Å². The van der Waals surface area contributed by atoms with Crippen LogP contribution in [0.15, 0.2) is 4.52 Å². The zero-order valence-electron chi connectivity index (χ0n) is 8.49. The van der Waals surface area contributed by atoms with Gasteiger partial charge < -0.3 is 9.26 Å². The Morgan fingerprint density at radius 3 is 2.79 bits per heavy atom. The molecule has 1 aromatic rings. The van der Waals surface area contributed by atoms with E-state index in [0.29, 0.717) is 5.75 Å². The van der Waals surface area contributed by atoms with Gasteiger partial charge in [0.15, 0.2) is 0 Å². The Morgan fingerprint density at radius 2 is 2.29 bits per heavy atom. The average Bonchev–Trinajstić information content (AvgIpc) is 2.48. The van der Waals surface area contributed by atoms with Gasteiger partial charge in [-0.05, 0) is 13.8 Å². The van der Waals surface area contributed by atoms with Crippen LogP contribution in [0.2, 0.25) is 0 Å². The van der Waals surface area contributed by atoms with Gasteiger partial charge in [0, 0.05) is 11.3 Å². The fraction of sp³-hybridized carbons (Fsp3) is 0.556. The van der Waals surface area contributed by atoms with Gasteiger partial charge in [0.1, 0.15) is 5.76 Å². The molecule has 4 nitrogen and oxygen atoms in total. The highest BCUT2D eigenvalue weighted by Crippen LogP contribution is 2.19. The number of hydrogen-bond acceptors (Lipinski definition) is 5. The first kappa shape index (κ1) is 11.1. The lowest BCUT2D eigenvalue weighted by Crippen LogP contribution is -2.03. The number of nitrogens with zero attached hydrogens (tertiary/aromatic N) is 1. The SMILES string of the molecule is COC(=O)CSCc1c(C)noc1C. The minimum atomic E-state index is -0.207. The Labute approximate surface area is 87.0 Å². The molecule has 0 unspecified atom stereocenters. The van der Waals surface area contributed by atoms with E-state index in [0.717, 1.165) is 22.8 Å². The van der Waals surface area contributed by atoms with Crippen molar-refractivity contribution in [1.82, 2.24) is 5.16 Å². The normalized spacial score (nSPS) is 10.2. The Bertz CT molecular complexity index is 302. The van der Waals surface area contributed by atoms with E-state index in [9.17, 15) is 4.79 Å². The lowest BCUT2D eigenvalue weighted by atomic mass is 10.2. The molecule has 0 fully saturated rings. The molecule has 0 bridgehead atoms.